The third-order valence-electron chi connectivity index (χ3n) is 8.20. The maximum atomic E-state index is 13.7. The summed E-state index contributed by atoms with van der Waals surface area (Å²) in [7, 11) is 0. The normalized spacial score (nSPS) is 25.1. The molecule has 0 aromatic heterocycles. The van der Waals surface area contributed by atoms with Gasteiger partial charge in [0.1, 0.15) is 6.61 Å². The Morgan fingerprint density at radius 1 is 1.18 bits per heavy atom. The molecule has 8 nitrogen and oxygen atoms in total. The zero-order valence-corrected chi connectivity index (χ0v) is 24.6. The summed E-state index contributed by atoms with van der Waals surface area (Å²) in [6.07, 6.45) is 1.60. The number of para-hydroxylation sites is 1. The fourth-order valence-electron chi connectivity index (χ4n) is 6.75. The number of hydrogen-bond acceptors (Lipinski definition) is 6. The number of halogens is 3. The van der Waals surface area contributed by atoms with Gasteiger partial charge >= 0.3 is 0 Å². The first-order valence-electron chi connectivity index (χ1n) is 13.1. The highest BCUT2D eigenvalue weighted by Gasteiger charge is 2.73. The van der Waals surface area contributed by atoms with Crippen molar-refractivity contribution in [3.8, 4) is 11.5 Å². The molecule has 0 aliphatic carbocycles. The molecule has 3 aliphatic rings. The fourth-order valence-corrected chi connectivity index (χ4v) is 7.78. The molecular weight excluding hydrogens is 621 g/mol. The third kappa shape index (κ3) is 4.17. The number of rotatable bonds is 7. The van der Waals surface area contributed by atoms with Crippen molar-refractivity contribution in [1.82, 2.24) is 4.90 Å². The van der Waals surface area contributed by atoms with E-state index in [-0.39, 0.29) is 23.5 Å². The van der Waals surface area contributed by atoms with E-state index in [1.807, 2.05) is 37.3 Å². The molecule has 0 bridgehead atoms. The van der Waals surface area contributed by atoms with Crippen LogP contribution in [0.15, 0.2) is 59.1 Å². The number of carbonyl (C=O) groups excluding carboxylic acids is 1. The second kappa shape index (κ2) is 10.5. The molecule has 11 heteroatoms. The van der Waals surface area contributed by atoms with E-state index in [0.29, 0.717) is 50.4 Å². The first-order chi connectivity index (χ1) is 19.3. The molecule has 2 fully saturated rings. The summed E-state index contributed by atoms with van der Waals surface area (Å²) < 4.78 is 12.7. The molecule has 3 aromatic rings. The first kappa shape index (κ1) is 27.3. The predicted octanol–water partition coefficient (Wildman–Crippen LogP) is 6.79. The number of nitro groups is 1. The predicted molar refractivity (Wildman–Crippen MR) is 156 cm³/mol. The zero-order chi connectivity index (χ0) is 28.2. The molecule has 6 rings (SSSR count). The van der Waals surface area contributed by atoms with E-state index in [9.17, 15) is 14.9 Å². The van der Waals surface area contributed by atoms with Gasteiger partial charge in [-0.3, -0.25) is 19.8 Å². The van der Waals surface area contributed by atoms with Crippen LogP contribution in [0.2, 0.25) is 10.0 Å². The van der Waals surface area contributed by atoms with Gasteiger partial charge in [-0.15, -0.1) is 0 Å². The Morgan fingerprint density at radius 2 is 1.98 bits per heavy atom. The average molecular weight is 647 g/mol. The number of fused-ring (bicyclic) bond motifs is 4. The quantitative estimate of drug-likeness (QED) is 0.224. The molecule has 1 N–H and O–H groups in total. The number of amides is 1. The Bertz CT molecular complexity index is 1520. The average Bonchev–Trinajstić information content (AvgIpc) is 3.57. The highest BCUT2D eigenvalue weighted by Crippen LogP contribution is 2.58. The van der Waals surface area contributed by atoms with E-state index in [2.05, 4.69) is 26.1 Å². The minimum absolute atomic E-state index is 0.172. The van der Waals surface area contributed by atoms with Crippen molar-refractivity contribution < 1.29 is 19.2 Å². The highest BCUT2D eigenvalue weighted by molar-refractivity contribution is 9.10. The molecule has 2 saturated heterocycles. The van der Waals surface area contributed by atoms with E-state index in [1.54, 1.807) is 24.3 Å². The molecule has 1 amide bonds. The van der Waals surface area contributed by atoms with Crippen molar-refractivity contribution in [2.75, 3.05) is 18.5 Å². The zero-order valence-electron chi connectivity index (χ0n) is 21.5. The largest absolute Gasteiger partial charge is 0.490 e. The van der Waals surface area contributed by atoms with Crippen LogP contribution < -0.4 is 14.8 Å². The number of anilines is 1. The first-order valence-corrected chi connectivity index (χ1v) is 14.7. The Kier molecular flexibility index (Phi) is 7.19. The van der Waals surface area contributed by atoms with Crippen LogP contribution in [-0.4, -0.2) is 41.0 Å². The van der Waals surface area contributed by atoms with E-state index >= 15 is 0 Å². The Labute approximate surface area is 249 Å². The molecule has 3 heterocycles. The summed E-state index contributed by atoms with van der Waals surface area (Å²) in [5.41, 5.74) is 1.39. The fraction of sp³-hybridized carbons (Fsp3) is 0.345. The van der Waals surface area contributed by atoms with Crippen molar-refractivity contribution in [2.24, 2.45) is 0 Å². The standard InChI is InChI=1S/C29H26BrCl2N3O5/c1-2-39-24-13-17(12-20(30)26(24)40-15-16-9-10-18(31)14-21(16)32)25-23-8-5-11-34(23)29(27(25)35(37)38)19-6-3-4-7-22(19)33-28(29)36/h3-4,6-7,9-10,12-14,23,25,27H,2,5,8,11,15H2,1H3,(H,33,36)/t23-,25+,27-,29+/m0/s1. The Morgan fingerprint density at radius 3 is 2.73 bits per heavy atom. The van der Waals surface area contributed by atoms with Crippen LogP contribution in [-0.2, 0) is 16.9 Å². The van der Waals surface area contributed by atoms with Crippen molar-refractivity contribution >= 4 is 50.7 Å². The van der Waals surface area contributed by atoms with Gasteiger partial charge in [0.05, 0.1) is 17.0 Å². The summed E-state index contributed by atoms with van der Waals surface area (Å²) in [5, 5.41) is 16.9. The summed E-state index contributed by atoms with van der Waals surface area (Å²) in [6, 6.07) is 14.8. The van der Waals surface area contributed by atoms with Crippen molar-refractivity contribution in [1.29, 1.82) is 0 Å². The number of carbonyl (C=O) groups is 1. The molecule has 4 atom stereocenters. The monoisotopic (exact) mass is 645 g/mol. The van der Waals surface area contributed by atoms with Crippen molar-refractivity contribution in [3.63, 3.8) is 0 Å². The maximum absolute atomic E-state index is 13.7. The van der Waals surface area contributed by atoms with E-state index in [1.165, 1.54) is 0 Å². The summed E-state index contributed by atoms with van der Waals surface area (Å²) in [4.78, 5) is 28.4. The van der Waals surface area contributed by atoms with Gasteiger partial charge in [-0.05, 0) is 71.6 Å². The SMILES string of the molecule is CCOc1cc([C@H]2[C@H]([N+](=O)[O-])[C@]3(C(=O)Nc4ccccc43)N3CCC[C@@H]23)cc(Br)c1OCc1ccc(Cl)cc1Cl. The molecule has 208 valence electrons. The van der Waals surface area contributed by atoms with Crippen LogP contribution in [0.4, 0.5) is 5.69 Å². The molecule has 0 unspecified atom stereocenters. The molecule has 3 aliphatic heterocycles. The van der Waals surface area contributed by atoms with Crippen LogP contribution in [0.25, 0.3) is 0 Å². The van der Waals surface area contributed by atoms with Gasteiger partial charge in [0, 0.05) is 44.4 Å². The number of benzene rings is 3. The van der Waals surface area contributed by atoms with Gasteiger partial charge in [0.25, 0.3) is 11.9 Å². The summed E-state index contributed by atoms with van der Waals surface area (Å²) in [6.45, 7) is 3.01. The van der Waals surface area contributed by atoms with E-state index in [4.69, 9.17) is 32.7 Å². The maximum Gasteiger partial charge on any atom is 0.256 e. The minimum atomic E-state index is -1.38. The lowest BCUT2D eigenvalue weighted by atomic mass is 9.77. The van der Waals surface area contributed by atoms with Gasteiger partial charge in [0.2, 0.25) is 0 Å². The molecular formula is C29H26BrCl2N3O5. The lowest BCUT2D eigenvalue weighted by molar-refractivity contribution is -0.534. The van der Waals surface area contributed by atoms with Crippen molar-refractivity contribution in [2.45, 2.75) is 49.9 Å². The number of nitrogens with one attached hydrogen (secondary N) is 1. The number of ether oxygens (including phenoxy) is 2. The van der Waals surface area contributed by atoms with E-state index < -0.39 is 17.5 Å². The minimum Gasteiger partial charge on any atom is -0.490 e. The second-order valence-corrected chi connectivity index (χ2v) is 11.9. The van der Waals surface area contributed by atoms with Gasteiger partial charge in [-0.1, -0.05) is 47.5 Å². The van der Waals surface area contributed by atoms with Gasteiger partial charge in [0.15, 0.2) is 17.0 Å². The van der Waals surface area contributed by atoms with Crippen molar-refractivity contribution in [3.05, 3.63) is 95.9 Å². The third-order valence-corrected chi connectivity index (χ3v) is 9.37. The van der Waals surface area contributed by atoms with Gasteiger partial charge in [-0.2, -0.15) is 0 Å². The molecule has 0 saturated carbocycles. The number of hydrogen-bond donors (Lipinski definition) is 1. The van der Waals surface area contributed by atoms with Crippen LogP contribution in [0.5, 0.6) is 11.5 Å². The smallest absolute Gasteiger partial charge is 0.256 e. The molecule has 0 radical (unpaired) electrons. The highest BCUT2D eigenvalue weighted by atomic mass is 79.9. The van der Waals surface area contributed by atoms with Gasteiger partial charge in [-0.25, -0.2) is 0 Å². The summed E-state index contributed by atoms with van der Waals surface area (Å²) >= 11 is 16.0. The Balaban J connectivity index is 1.43. The lowest BCUT2D eigenvalue weighted by Crippen LogP contribution is -2.55. The van der Waals surface area contributed by atoms with Gasteiger partial charge < -0.3 is 14.8 Å². The summed E-state index contributed by atoms with van der Waals surface area (Å²) in [5.74, 6) is 0.0356. The van der Waals surface area contributed by atoms with Crippen LogP contribution in [0, 0.1) is 10.1 Å². The second-order valence-electron chi connectivity index (χ2n) is 10.2. The van der Waals surface area contributed by atoms with Crippen LogP contribution in [0.1, 0.15) is 42.4 Å². The molecule has 40 heavy (non-hydrogen) atoms. The number of nitrogens with zero attached hydrogens (tertiary/aromatic N) is 2. The Hall–Kier alpha value is -2.85. The lowest BCUT2D eigenvalue weighted by Gasteiger charge is -2.32. The topological polar surface area (TPSA) is 93.9 Å². The molecule has 1 spiro atoms. The van der Waals surface area contributed by atoms with Crippen LogP contribution in [0.3, 0.4) is 0 Å². The van der Waals surface area contributed by atoms with Crippen LogP contribution >= 0.6 is 39.1 Å². The molecule has 3 aromatic carbocycles. The van der Waals surface area contributed by atoms with E-state index in [0.717, 1.165) is 24.0 Å².